The van der Waals surface area contributed by atoms with E-state index in [0.29, 0.717) is 25.9 Å². The maximum absolute atomic E-state index is 13.0. The summed E-state index contributed by atoms with van der Waals surface area (Å²) in [5.41, 5.74) is 3.56. The number of methoxy groups -OCH3 is 1. The molecule has 2 N–H and O–H groups in total. The van der Waals surface area contributed by atoms with Gasteiger partial charge in [-0.25, -0.2) is 18.2 Å². The minimum absolute atomic E-state index is 0.230. The summed E-state index contributed by atoms with van der Waals surface area (Å²) in [7, 11) is -2.01. The number of piperidine rings is 1. The first-order chi connectivity index (χ1) is 14.4. The van der Waals surface area contributed by atoms with Crippen LogP contribution < -0.4 is 10.2 Å². The summed E-state index contributed by atoms with van der Waals surface area (Å²) in [6.07, 6.45) is 1.62. The molecule has 1 aliphatic heterocycles. The van der Waals surface area contributed by atoms with Crippen LogP contribution in [0.1, 0.15) is 29.9 Å². The Balaban J connectivity index is 1.67. The summed E-state index contributed by atoms with van der Waals surface area (Å²) in [6, 6.07) is 17.0. The molecule has 1 fully saturated rings. The minimum atomic E-state index is -3.65. The van der Waals surface area contributed by atoms with Crippen molar-refractivity contribution >= 4 is 15.9 Å². The number of hydrogen-bond acceptors (Lipinski definition) is 5. The Bertz CT molecular complexity index is 941. The van der Waals surface area contributed by atoms with E-state index in [1.807, 2.05) is 54.6 Å². The number of carbonyl (C=O) groups is 1. The maximum atomic E-state index is 13.0. The largest absolute Gasteiger partial charge is 0.496 e. The van der Waals surface area contributed by atoms with Crippen LogP contribution in [0.5, 0.6) is 5.75 Å². The predicted molar refractivity (Wildman–Crippen MR) is 114 cm³/mol. The second kappa shape index (κ2) is 10.1. The number of amides is 1. The highest BCUT2D eigenvalue weighted by Gasteiger charge is 2.33. The smallest absolute Gasteiger partial charge is 0.247 e. The van der Waals surface area contributed by atoms with Gasteiger partial charge >= 0.3 is 0 Å². The third kappa shape index (κ3) is 5.38. The lowest BCUT2D eigenvalue weighted by atomic mass is 9.89. The third-order valence-electron chi connectivity index (χ3n) is 5.64. The number of hydrogen-bond donors (Lipinski definition) is 2. The van der Waals surface area contributed by atoms with Crippen molar-refractivity contribution in [1.82, 2.24) is 9.79 Å². The fourth-order valence-corrected chi connectivity index (χ4v) is 5.78. The molecule has 0 aliphatic carbocycles. The molecule has 2 aromatic carbocycles. The number of nitrogens with zero attached hydrogens (tertiary/aromatic N) is 1. The summed E-state index contributed by atoms with van der Waals surface area (Å²) in [6.45, 7) is 0.785. The Kier molecular flexibility index (Phi) is 7.47. The summed E-state index contributed by atoms with van der Waals surface area (Å²) >= 11 is 0. The van der Waals surface area contributed by atoms with Gasteiger partial charge in [0.15, 0.2) is 0 Å². The van der Waals surface area contributed by atoms with E-state index in [-0.39, 0.29) is 18.1 Å². The second-order valence-corrected chi connectivity index (χ2v) is 9.57. The zero-order valence-electron chi connectivity index (χ0n) is 17.0. The number of benzene rings is 2. The molecular weight excluding hydrogens is 404 g/mol. The number of nitrogens with one attached hydrogen (secondary N) is 1. The molecule has 0 radical (unpaired) electrons. The molecule has 0 saturated carbocycles. The highest BCUT2D eigenvalue weighted by molar-refractivity contribution is 7.89. The van der Waals surface area contributed by atoms with Gasteiger partial charge in [0.25, 0.3) is 0 Å². The molecule has 1 aliphatic rings. The standard InChI is InChI=1S/C22H28N2O5S/c1-29-21-10-6-5-9-20(21)18-11-13-24(14-12-18)30(27,28)16-19(22(25)23-26)15-17-7-3-2-4-8-17/h2-10,18-19,26H,11-16H2,1H3,(H,23,25). The highest BCUT2D eigenvalue weighted by atomic mass is 32.2. The van der Waals surface area contributed by atoms with Crippen molar-refractivity contribution in [1.29, 1.82) is 0 Å². The molecule has 7 nitrogen and oxygen atoms in total. The Morgan fingerprint density at radius 1 is 1.13 bits per heavy atom. The molecule has 0 aromatic heterocycles. The Morgan fingerprint density at radius 2 is 1.77 bits per heavy atom. The lowest BCUT2D eigenvalue weighted by Gasteiger charge is -2.32. The predicted octanol–water partition coefficient (Wildman–Crippen LogP) is 2.57. The fraction of sp³-hybridized carbons (Fsp3) is 0.409. The van der Waals surface area contributed by atoms with Gasteiger partial charge < -0.3 is 4.74 Å². The molecule has 2 aromatic rings. The Labute approximate surface area is 177 Å². The maximum Gasteiger partial charge on any atom is 0.247 e. The average Bonchev–Trinajstić information content (AvgIpc) is 2.78. The highest BCUT2D eigenvalue weighted by Crippen LogP contribution is 2.34. The molecule has 1 unspecified atom stereocenters. The van der Waals surface area contributed by atoms with Crippen molar-refractivity contribution in [2.24, 2.45) is 5.92 Å². The van der Waals surface area contributed by atoms with Gasteiger partial charge in [-0.1, -0.05) is 48.5 Å². The number of carbonyl (C=O) groups excluding carboxylic acids is 1. The van der Waals surface area contributed by atoms with E-state index in [2.05, 4.69) is 0 Å². The number of hydroxylamine groups is 1. The first-order valence-electron chi connectivity index (χ1n) is 10.0. The SMILES string of the molecule is COc1ccccc1C1CCN(S(=O)(=O)CC(Cc2ccccc2)C(=O)NO)CC1. The summed E-state index contributed by atoms with van der Waals surface area (Å²) in [5.74, 6) is -0.844. The zero-order chi connectivity index (χ0) is 21.6. The number of rotatable bonds is 8. The molecule has 8 heteroatoms. The number of para-hydroxylation sites is 1. The van der Waals surface area contributed by atoms with Gasteiger partial charge in [0.1, 0.15) is 5.75 Å². The van der Waals surface area contributed by atoms with Crippen LogP contribution in [0.4, 0.5) is 0 Å². The quantitative estimate of drug-likeness (QED) is 0.494. The fourth-order valence-electron chi connectivity index (χ4n) is 4.03. The van der Waals surface area contributed by atoms with E-state index in [1.54, 1.807) is 12.6 Å². The van der Waals surface area contributed by atoms with Crippen molar-refractivity contribution in [3.8, 4) is 5.75 Å². The lowest BCUT2D eigenvalue weighted by Crippen LogP contribution is -2.43. The molecule has 1 heterocycles. The monoisotopic (exact) mass is 432 g/mol. The molecular formula is C22H28N2O5S. The van der Waals surface area contributed by atoms with Crippen LogP contribution in [-0.4, -0.2) is 49.8 Å². The van der Waals surface area contributed by atoms with Crippen LogP contribution in [0.3, 0.4) is 0 Å². The molecule has 1 saturated heterocycles. The topological polar surface area (TPSA) is 95.9 Å². The van der Waals surface area contributed by atoms with Gasteiger partial charge in [0.2, 0.25) is 15.9 Å². The molecule has 1 atom stereocenters. The molecule has 30 heavy (non-hydrogen) atoms. The Hall–Kier alpha value is -2.42. The van der Waals surface area contributed by atoms with Crippen LogP contribution in [0.15, 0.2) is 54.6 Å². The van der Waals surface area contributed by atoms with E-state index < -0.39 is 21.8 Å². The van der Waals surface area contributed by atoms with Gasteiger partial charge in [-0.3, -0.25) is 10.0 Å². The third-order valence-corrected chi connectivity index (χ3v) is 7.62. The first kappa shape index (κ1) is 22.3. The van der Waals surface area contributed by atoms with Gasteiger partial charge in [0.05, 0.1) is 18.8 Å². The number of sulfonamides is 1. The van der Waals surface area contributed by atoms with E-state index in [9.17, 15) is 13.2 Å². The van der Waals surface area contributed by atoms with Crippen LogP contribution in [0.25, 0.3) is 0 Å². The first-order valence-corrected chi connectivity index (χ1v) is 11.6. The number of ether oxygens (including phenoxy) is 1. The molecule has 162 valence electrons. The van der Waals surface area contributed by atoms with Crippen LogP contribution in [-0.2, 0) is 21.2 Å². The minimum Gasteiger partial charge on any atom is -0.496 e. The van der Waals surface area contributed by atoms with Crippen LogP contribution in [0.2, 0.25) is 0 Å². The van der Waals surface area contributed by atoms with Crippen molar-refractivity contribution in [2.75, 3.05) is 26.0 Å². The lowest BCUT2D eigenvalue weighted by molar-refractivity contribution is -0.132. The van der Waals surface area contributed by atoms with Gasteiger partial charge in [0, 0.05) is 13.1 Å². The van der Waals surface area contributed by atoms with Crippen molar-refractivity contribution in [2.45, 2.75) is 25.2 Å². The normalized spacial score (nSPS) is 16.7. The van der Waals surface area contributed by atoms with Gasteiger partial charge in [-0.15, -0.1) is 0 Å². The molecule has 3 rings (SSSR count). The summed E-state index contributed by atoms with van der Waals surface area (Å²) < 4.78 is 32.9. The van der Waals surface area contributed by atoms with Gasteiger partial charge in [-0.2, -0.15) is 0 Å². The summed E-state index contributed by atoms with van der Waals surface area (Å²) in [5, 5.41) is 9.08. The van der Waals surface area contributed by atoms with Crippen LogP contribution in [0, 0.1) is 5.92 Å². The van der Waals surface area contributed by atoms with Crippen LogP contribution >= 0.6 is 0 Å². The van der Waals surface area contributed by atoms with Crippen molar-refractivity contribution in [3.63, 3.8) is 0 Å². The van der Waals surface area contributed by atoms with E-state index in [4.69, 9.17) is 9.94 Å². The summed E-state index contributed by atoms with van der Waals surface area (Å²) in [4.78, 5) is 12.1. The van der Waals surface area contributed by atoms with E-state index >= 15 is 0 Å². The molecule has 1 amide bonds. The second-order valence-electron chi connectivity index (χ2n) is 7.56. The molecule has 0 spiro atoms. The zero-order valence-corrected chi connectivity index (χ0v) is 17.8. The van der Waals surface area contributed by atoms with Crippen molar-refractivity contribution < 1.29 is 23.2 Å². The van der Waals surface area contributed by atoms with E-state index in [0.717, 1.165) is 16.9 Å². The van der Waals surface area contributed by atoms with E-state index in [1.165, 1.54) is 4.31 Å². The van der Waals surface area contributed by atoms with Crippen molar-refractivity contribution in [3.05, 3.63) is 65.7 Å². The average molecular weight is 433 g/mol. The van der Waals surface area contributed by atoms with Gasteiger partial charge in [-0.05, 0) is 42.4 Å². The molecule has 0 bridgehead atoms. The Morgan fingerprint density at radius 3 is 2.40 bits per heavy atom.